The van der Waals surface area contributed by atoms with Gasteiger partial charge in [-0.05, 0) is 64.3 Å². The molecule has 1 unspecified atom stereocenters. The number of benzene rings is 2. The van der Waals surface area contributed by atoms with Crippen molar-refractivity contribution in [2.45, 2.75) is 25.5 Å². The van der Waals surface area contributed by atoms with Gasteiger partial charge in [0.1, 0.15) is 0 Å². The van der Waals surface area contributed by atoms with Crippen molar-refractivity contribution in [2.24, 2.45) is 0 Å². The van der Waals surface area contributed by atoms with Gasteiger partial charge in [0.05, 0.1) is 27.3 Å². The van der Waals surface area contributed by atoms with Crippen LogP contribution >= 0.6 is 38.9 Å². The highest BCUT2D eigenvalue weighted by Crippen LogP contribution is 2.45. The van der Waals surface area contributed by atoms with Crippen molar-refractivity contribution in [3.8, 4) is 0 Å². The minimum atomic E-state index is -1.95. The van der Waals surface area contributed by atoms with E-state index in [9.17, 15) is 14.7 Å². The molecule has 1 aromatic heterocycles. The molecule has 1 N–H and O–H groups in total. The van der Waals surface area contributed by atoms with E-state index in [-0.39, 0.29) is 12.2 Å². The molecule has 3 aromatic rings. The van der Waals surface area contributed by atoms with Crippen molar-refractivity contribution < 1.29 is 14.7 Å². The topological polar surface area (TPSA) is 57.6 Å². The zero-order valence-electron chi connectivity index (χ0n) is 15.5. The highest BCUT2D eigenvalue weighted by Gasteiger charge is 2.51. The van der Waals surface area contributed by atoms with Crippen LogP contribution in [-0.4, -0.2) is 16.8 Å². The van der Waals surface area contributed by atoms with Crippen LogP contribution in [0.4, 0.5) is 5.69 Å². The van der Waals surface area contributed by atoms with E-state index >= 15 is 0 Å². The molecule has 0 aliphatic carbocycles. The minimum Gasteiger partial charge on any atom is -0.375 e. The van der Waals surface area contributed by atoms with E-state index in [0.29, 0.717) is 27.7 Å². The van der Waals surface area contributed by atoms with E-state index < -0.39 is 11.5 Å². The first-order chi connectivity index (χ1) is 13.8. The number of hydrogen-bond acceptors (Lipinski definition) is 4. The third-order valence-corrected chi connectivity index (χ3v) is 7.05. The second-order valence-corrected chi connectivity index (χ2v) is 9.94. The molecule has 1 atom stereocenters. The SMILES string of the molecule is Cc1ccccc1CN1C(=O)C(O)(CC(=O)c2ccc(Br)s2)c2cc(Cl)ccc21. The van der Waals surface area contributed by atoms with Gasteiger partial charge in [-0.25, -0.2) is 0 Å². The molecule has 7 heteroatoms. The second-order valence-electron chi connectivity index (χ2n) is 7.04. The van der Waals surface area contributed by atoms with Gasteiger partial charge in [-0.15, -0.1) is 11.3 Å². The Bertz CT molecular complexity index is 1130. The number of amides is 1. The molecule has 0 fully saturated rings. The molecule has 0 spiro atoms. The number of hydrogen-bond donors (Lipinski definition) is 1. The second kappa shape index (κ2) is 7.69. The van der Waals surface area contributed by atoms with E-state index in [2.05, 4.69) is 15.9 Å². The first-order valence-corrected chi connectivity index (χ1v) is 11.0. The molecule has 2 heterocycles. The van der Waals surface area contributed by atoms with Gasteiger partial charge in [0.25, 0.3) is 5.91 Å². The van der Waals surface area contributed by atoms with Crippen molar-refractivity contribution in [1.82, 2.24) is 0 Å². The molecule has 0 saturated carbocycles. The van der Waals surface area contributed by atoms with E-state index in [1.807, 2.05) is 31.2 Å². The number of aryl methyl sites for hydroxylation is 1. The van der Waals surface area contributed by atoms with Crippen LogP contribution < -0.4 is 4.90 Å². The number of thiophene rings is 1. The summed E-state index contributed by atoms with van der Waals surface area (Å²) in [5.74, 6) is -0.804. The van der Waals surface area contributed by atoms with Gasteiger partial charge in [0.15, 0.2) is 11.4 Å². The standard InChI is InChI=1S/C22H17BrClNO3S/c1-13-4-2-3-5-14(13)12-25-17-7-6-15(24)10-16(17)22(28,21(25)27)11-18(26)19-8-9-20(23)29-19/h2-10,28H,11-12H2,1H3. The van der Waals surface area contributed by atoms with Crippen LogP contribution in [0.5, 0.6) is 0 Å². The van der Waals surface area contributed by atoms with Crippen molar-refractivity contribution in [2.75, 3.05) is 4.90 Å². The Morgan fingerprint density at radius 1 is 1.21 bits per heavy atom. The maximum absolute atomic E-state index is 13.4. The predicted octanol–water partition coefficient (Wildman–Crippen LogP) is 5.48. The van der Waals surface area contributed by atoms with Crippen LogP contribution in [0.25, 0.3) is 0 Å². The zero-order chi connectivity index (χ0) is 20.8. The Morgan fingerprint density at radius 3 is 2.66 bits per heavy atom. The lowest BCUT2D eigenvalue weighted by atomic mass is 9.89. The number of rotatable bonds is 5. The molecule has 0 saturated heterocycles. The number of Topliss-reactive ketones (excluding diaryl/α,β-unsaturated/α-hetero) is 1. The molecular formula is C22H17BrClNO3S. The van der Waals surface area contributed by atoms with Crippen molar-refractivity contribution in [3.05, 3.63) is 85.0 Å². The van der Waals surface area contributed by atoms with Crippen LogP contribution in [0.1, 0.15) is 32.8 Å². The summed E-state index contributed by atoms with van der Waals surface area (Å²) in [6.45, 7) is 2.28. The predicted molar refractivity (Wildman–Crippen MR) is 119 cm³/mol. The quantitative estimate of drug-likeness (QED) is 0.482. The molecule has 0 bridgehead atoms. The van der Waals surface area contributed by atoms with Gasteiger partial charge in [-0.1, -0.05) is 35.9 Å². The highest BCUT2D eigenvalue weighted by atomic mass is 79.9. The fourth-order valence-corrected chi connectivity index (χ4v) is 5.09. The summed E-state index contributed by atoms with van der Waals surface area (Å²) in [7, 11) is 0. The monoisotopic (exact) mass is 489 g/mol. The number of nitrogens with zero attached hydrogens (tertiary/aromatic N) is 1. The summed E-state index contributed by atoms with van der Waals surface area (Å²) in [5, 5.41) is 11.8. The van der Waals surface area contributed by atoms with Gasteiger partial charge < -0.3 is 10.0 Å². The number of carbonyl (C=O) groups is 2. The molecule has 148 valence electrons. The summed E-state index contributed by atoms with van der Waals surface area (Å²) in [4.78, 5) is 28.2. The van der Waals surface area contributed by atoms with E-state index in [1.54, 1.807) is 30.3 Å². The Morgan fingerprint density at radius 2 is 1.97 bits per heavy atom. The number of fused-ring (bicyclic) bond motifs is 1. The number of carbonyl (C=O) groups excluding carboxylic acids is 2. The maximum Gasteiger partial charge on any atom is 0.264 e. The average molecular weight is 491 g/mol. The fraction of sp³-hybridized carbons (Fsp3) is 0.182. The molecular weight excluding hydrogens is 474 g/mol. The molecule has 1 aliphatic rings. The van der Waals surface area contributed by atoms with E-state index in [0.717, 1.165) is 14.9 Å². The largest absolute Gasteiger partial charge is 0.375 e. The van der Waals surface area contributed by atoms with Gasteiger partial charge in [-0.3, -0.25) is 9.59 Å². The Hall–Kier alpha value is -1.99. The summed E-state index contributed by atoms with van der Waals surface area (Å²) < 4.78 is 0.815. The van der Waals surface area contributed by atoms with Gasteiger partial charge in [-0.2, -0.15) is 0 Å². The number of ketones is 1. The number of aliphatic hydroxyl groups is 1. The average Bonchev–Trinajstić information content (AvgIpc) is 3.20. The number of halogens is 2. The van der Waals surface area contributed by atoms with Crippen molar-refractivity contribution in [1.29, 1.82) is 0 Å². The number of anilines is 1. The smallest absolute Gasteiger partial charge is 0.264 e. The van der Waals surface area contributed by atoms with Crippen LogP contribution in [0.3, 0.4) is 0 Å². The maximum atomic E-state index is 13.4. The third kappa shape index (κ3) is 3.66. The lowest BCUT2D eigenvalue weighted by Gasteiger charge is -2.23. The van der Waals surface area contributed by atoms with Gasteiger partial charge in [0.2, 0.25) is 0 Å². The normalized spacial score (nSPS) is 18.2. The van der Waals surface area contributed by atoms with Crippen LogP contribution in [0.2, 0.25) is 5.02 Å². The molecule has 1 amide bonds. The third-order valence-electron chi connectivity index (χ3n) is 5.15. The van der Waals surface area contributed by atoms with Crippen molar-refractivity contribution in [3.63, 3.8) is 0 Å². The summed E-state index contributed by atoms with van der Waals surface area (Å²) in [5.41, 5.74) is 1.01. The first kappa shape index (κ1) is 20.3. The first-order valence-electron chi connectivity index (χ1n) is 8.97. The Kier molecular flexibility index (Phi) is 5.38. The molecule has 4 nitrogen and oxygen atoms in total. The van der Waals surface area contributed by atoms with E-state index in [4.69, 9.17) is 11.6 Å². The molecule has 1 aliphatic heterocycles. The molecule has 2 aromatic carbocycles. The highest BCUT2D eigenvalue weighted by molar-refractivity contribution is 9.11. The van der Waals surface area contributed by atoms with E-state index in [1.165, 1.54) is 16.2 Å². The Labute approximate surface area is 185 Å². The van der Waals surface area contributed by atoms with Gasteiger partial charge in [0, 0.05) is 10.6 Å². The van der Waals surface area contributed by atoms with Crippen LogP contribution in [-0.2, 0) is 16.9 Å². The summed E-state index contributed by atoms with van der Waals surface area (Å²) in [6.07, 6.45) is -0.337. The van der Waals surface area contributed by atoms with Crippen molar-refractivity contribution >= 4 is 56.2 Å². The Balaban J connectivity index is 1.73. The molecule has 0 radical (unpaired) electrons. The lowest BCUT2D eigenvalue weighted by Crippen LogP contribution is -2.41. The minimum absolute atomic E-state index is 0.291. The van der Waals surface area contributed by atoms with Crippen LogP contribution in [0, 0.1) is 6.92 Å². The lowest BCUT2D eigenvalue weighted by molar-refractivity contribution is -0.136. The zero-order valence-corrected chi connectivity index (χ0v) is 18.6. The van der Waals surface area contributed by atoms with Gasteiger partial charge >= 0.3 is 0 Å². The fourth-order valence-electron chi connectivity index (χ4n) is 3.59. The summed E-state index contributed by atoms with van der Waals surface area (Å²) >= 11 is 10.8. The summed E-state index contributed by atoms with van der Waals surface area (Å²) in [6, 6.07) is 16.2. The van der Waals surface area contributed by atoms with Crippen LogP contribution in [0.15, 0.2) is 58.4 Å². The molecule has 4 rings (SSSR count). The molecule has 29 heavy (non-hydrogen) atoms.